The fraction of sp³-hybridized carbons (Fsp3) is 0.857. The van der Waals surface area contributed by atoms with E-state index >= 15 is 0 Å². The second-order valence-corrected chi connectivity index (χ2v) is 7.43. The van der Waals surface area contributed by atoms with Crippen LogP contribution in [0.25, 0.3) is 0 Å². The minimum atomic E-state index is 0.304. The molecule has 1 rings (SSSR count). The van der Waals surface area contributed by atoms with Gasteiger partial charge in [0.05, 0.1) is 0 Å². The lowest BCUT2D eigenvalue weighted by atomic mass is 9.90. The zero-order valence-electron chi connectivity index (χ0n) is 12.3. The number of H-pyrrole nitrogens is 1. The first-order valence-electron chi connectivity index (χ1n) is 6.59. The smallest absolute Gasteiger partial charge is 0.163 e. The molecule has 0 aliphatic heterocycles. The Balaban J connectivity index is 2.41. The van der Waals surface area contributed by atoms with Crippen molar-refractivity contribution in [2.75, 3.05) is 0 Å². The molecular formula is C14H28N3+. The van der Waals surface area contributed by atoms with Gasteiger partial charge in [0, 0.05) is 11.5 Å². The molecular weight excluding hydrogens is 210 g/mol. The SMILES string of the molecule is CC(C)(C)CCC[n+]1cc(CC(C)(C)C)n[nH]1. The Labute approximate surface area is 106 Å². The van der Waals surface area contributed by atoms with Crippen LogP contribution in [0.3, 0.4) is 0 Å². The van der Waals surface area contributed by atoms with Crippen LogP contribution in [-0.2, 0) is 13.0 Å². The summed E-state index contributed by atoms with van der Waals surface area (Å²) in [5.41, 5.74) is 1.89. The molecule has 0 amide bonds. The highest BCUT2D eigenvalue weighted by molar-refractivity contribution is 4.91. The molecule has 1 aromatic rings. The van der Waals surface area contributed by atoms with E-state index < -0.39 is 0 Å². The van der Waals surface area contributed by atoms with Crippen LogP contribution in [0.4, 0.5) is 0 Å². The van der Waals surface area contributed by atoms with Gasteiger partial charge in [-0.05, 0) is 23.7 Å². The molecule has 0 aliphatic rings. The highest BCUT2D eigenvalue weighted by Gasteiger charge is 2.18. The Morgan fingerprint density at radius 1 is 1.12 bits per heavy atom. The number of nitrogens with one attached hydrogen (secondary N) is 1. The van der Waals surface area contributed by atoms with Crippen LogP contribution in [0.2, 0.25) is 0 Å². The molecule has 0 bridgehead atoms. The molecule has 98 valence electrons. The molecule has 1 N–H and O–H groups in total. The van der Waals surface area contributed by atoms with Gasteiger partial charge in [0.1, 0.15) is 6.54 Å². The molecule has 0 atom stereocenters. The van der Waals surface area contributed by atoms with E-state index in [2.05, 4.69) is 62.7 Å². The Morgan fingerprint density at radius 2 is 1.76 bits per heavy atom. The van der Waals surface area contributed by atoms with Crippen molar-refractivity contribution in [2.45, 2.75) is 67.3 Å². The fourth-order valence-electron chi connectivity index (χ4n) is 1.89. The first-order valence-corrected chi connectivity index (χ1v) is 6.59. The Hall–Kier alpha value is -0.860. The molecule has 0 saturated heterocycles. The lowest BCUT2D eigenvalue weighted by Gasteiger charge is -2.16. The number of rotatable bonds is 4. The molecule has 0 fully saturated rings. The number of hydrogen-bond acceptors (Lipinski definition) is 1. The van der Waals surface area contributed by atoms with Crippen molar-refractivity contribution < 1.29 is 4.68 Å². The summed E-state index contributed by atoms with van der Waals surface area (Å²) in [6, 6.07) is 0. The molecule has 0 radical (unpaired) electrons. The van der Waals surface area contributed by atoms with Crippen molar-refractivity contribution >= 4 is 0 Å². The summed E-state index contributed by atoms with van der Waals surface area (Å²) in [7, 11) is 0. The summed E-state index contributed by atoms with van der Waals surface area (Å²) in [6.07, 6.45) is 5.61. The predicted molar refractivity (Wildman–Crippen MR) is 70.6 cm³/mol. The van der Waals surface area contributed by atoms with Gasteiger partial charge in [-0.2, -0.15) is 4.68 Å². The minimum absolute atomic E-state index is 0.304. The normalized spacial score (nSPS) is 13.1. The number of aromatic amines is 1. The topological polar surface area (TPSA) is 32.6 Å². The third-order valence-corrected chi connectivity index (χ3v) is 2.66. The van der Waals surface area contributed by atoms with E-state index in [0.717, 1.165) is 18.7 Å². The van der Waals surface area contributed by atoms with Gasteiger partial charge in [0.25, 0.3) is 0 Å². The highest BCUT2D eigenvalue weighted by atomic mass is 15.4. The standard InChI is InChI=1S/C14H27N3/c1-13(2,3)8-7-9-17-11-12(15-16-17)10-14(4,5)6/h11H,7-10H2,1-6H3/p+1. The van der Waals surface area contributed by atoms with E-state index in [0.29, 0.717) is 10.8 Å². The van der Waals surface area contributed by atoms with Crippen LogP contribution < -0.4 is 4.68 Å². The van der Waals surface area contributed by atoms with Gasteiger partial charge in [0.15, 0.2) is 6.20 Å². The minimum Gasteiger partial charge on any atom is -0.163 e. The molecule has 3 heteroatoms. The van der Waals surface area contributed by atoms with Gasteiger partial charge in [-0.1, -0.05) is 46.8 Å². The third-order valence-electron chi connectivity index (χ3n) is 2.66. The van der Waals surface area contributed by atoms with Crippen LogP contribution in [0.5, 0.6) is 0 Å². The first-order chi connectivity index (χ1) is 7.66. The van der Waals surface area contributed by atoms with Gasteiger partial charge in [-0.15, -0.1) is 0 Å². The molecule has 0 saturated carbocycles. The Morgan fingerprint density at radius 3 is 2.29 bits per heavy atom. The zero-order chi connectivity index (χ0) is 13.1. The summed E-state index contributed by atoms with van der Waals surface area (Å²) in [5, 5.41) is 7.44. The molecule has 0 aliphatic carbocycles. The predicted octanol–water partition coefficient (Wildman–Crippen LogP) is 3.11. The third kappa shape index (κ3) is 6.44. The number of hydrogen-bond donors (Lipinski definition) is 1. The summed E-state index contributed by atoms with van der Waals surface area (Å²) in [5.74, 6) is 0. The maximum Gasteiger partial charge on any atom is 0.218 e. The van der Waals surface area contributed by atoms with Gasteiger partial charge < -0.3 is 0 Å². The summed E-state index contributed by atoms with van der Waals surface area (Å²) in [4.78, 5) is 0. The van der Waals surface area contributed by atoms with Crippen LogP contribution >= 0.6 is 0 Å². The second kappa shape index (κ2) is 5.19. The zero-order valence-corrected chi connectivity index (χ0v) is 12.3. The van der Waals surface area contributed by atoms with Crippen molar-refractivity contribution in [3.63, 3.8) is 0 Å². The number of aryl methyl sites for hydroxylation is 1. The maximum atomic E-state index is 4.35. The summed E-state index contributed by atoms with van der Waals surface area (Å²) >= 11 is 0. The summed E-state index contributed by atoms with van der Waals surface area (Å²) in [6.45, 7) is 14.6. The fourth-order valence-corrected chi connectivity index (χ4v) is 1.89. The molecule has 0 aromatic carbocycles. The van der Waals surface area contributed by atoms with Crippen molar-refractivity contribution in [3.8, 4) is 0 Å². The monoisotopic (exact) mass is 238 g/mol. The van der Waals surface area contributed by atoms with E-state index in [9.17, 15) is 0 Å². The van der Waals surface area contributed by atoms with E-state index in [4.69, 9.17) is 0 Å². The molecule has 0 spiro atoms. The van der Waals surface area contributed by atoms with Crippen molar-refractivity contribution in [1.29, 1.82) is 0 Å². The van der Waals surface area contributed by atoms with Crippen molar-refractivity contribution in [2.24, 2.45) is 10.8 Å². The largest absolute Gasteiger partial charge is 0.218 e. The molecule has 1 heterocycles. The lowest BCUT2D eigenvalue weighted by molar-refractivity contribution is -0.754. The maximum absolute atomic E-state index is 4.35. The van der Waals surface area contributed by atoms with E-state index in [-0.39, 0.29) is 0 Å². The van der Waals surface area contributed by atoms with Crippen molar-refractivity contribution in [3.05, 3.63) is 11.9 Å². The number of nitrogens with zero attached hydrogens (tertiary/aromatic N) is 2. The van der Waals surface area contributed by atoms with E-state index in [1.807, 2.05) is 0 Å². The van der Waals surface area contributed by atoms with Crippen LogP contribution in [0.15, 0.2) is 6.20 Å². The molecule has 3 nitrogen and oxygen atoms in total. The van der Waals surface area contributed by atoms with E-state index in [1.165, 1.54) is 12.8 Å². The average molecular weight is 238 g/mol. The first kappa shape index (κ1) is 14.2. The van der Waals surface area contributed by atoms with Gasteiger partial charge >= 0.3 is 0 Å². The van der Waals surface area contributed by atoms with Crippen LogP contribution in [-0.4, -0.2) is 10.3 Å². The van der Waals surface area contributed by atoms with Gasteiger partial charge in [-0.3, -0.25) is 0 Å². The van der Waals surface area contributed by atoms with Gasteiger partial charge in [-0.25, -0.2) is 0 Å². The number of aromatic nitrogens is 3. The molecule has 17 heavy (non-hydrogen) atoms. The van der Waals surface area contributed by atoms with Crippen LogP contribution in [0.1, 0.15) is 60.1 Å². The lowest BCUT2D eigenvalue weighted by Crippen LogP contribution is -2.35. The van der Waals surface area contributed by atoms with Gasteiger partial charge in [0.2, 0.25) is 5.69 Å². The Kier molecular flexibility index (Phi) is 4.34. The molecule has 1 aromatic heterocycles. The second-order valence-electron chi connectivity index (χ2n) is 7.43. The van der Waals surface area contributed by atoms with Crippen molar-refractivity contribution in [1.82, 2.24) is 10.3 Å². The average Bonchev–Trinajstić information content (AvgIpc) is 2.46. The quantitative estimate of drug-likeness (QED) is 0.803. The van der Waals surface area contributed by atoms with Crippen LogP contribution in [0, 0.1) is 10.8 Å². The van der Waals surface area contributed by atoms with E-state index in [1.54, 1.807) is 0 Å². The Bertz CT molecular complexity index is 339. The summed E-state index contributed by atoms with van der Waals surface area (Å²) < 4.78 is 2.10. The molecule has 0 unspecified atom stereocenters. The highest BCUT2D eigenvalue weighted by Crippen LogP contribution is 2.20.